The Morgan fingerprint density at radius 3 is 2.90 bits per heavy atom. The first-order chi connectivity index (χ1) is 10.3. The summed E-state index contributed by atoms with van der Waals surface area (Å²) < 4.78 is 0. The molecule has 0 bridgehead atoms. The zero-order chi connectivity index (χ0) is 14.5. The number of rotatable bonds is 4. The van der Waals surface area contributed by atoms with Crippen LogP contribution in [0.5, 0.6) is 0 Å². The van der Waals surface area contributed by atoms with Gasteiger partial charge >= 0.3 is 0 Å². The van der Waals surface area contributed by atoms with Crippen molar-refractivity contribution in [1.82, 2.24) is 19.9 Å². The third-order valence-electron chi connectivity index (χ3n) is 3.57. The normalized spacial score (nSPS) is 15.1. The average molecular weight is 302 g/mol. The fraction of sp³-hybridized carbons (Fsp3) is 0.400. The number of piperidine rings is 1. The first-order valence-electron chi connectivity index (χ1n) is 7.19. The Balaban J connectivity index is 1.56. The number of imidazole rings is 1. The van der Waals surface area contributed by atoms with Crippen molar-refractivity contribution in [3.63, 3.8) is 0 Å². The molecule has 6 heteroatoms. The van der Waals surface area contributed by atoms with Crippen molar-refractivity contribution < 1.29 is 4.79 Å². The Morgan fingerprint density at radius 1 is 1.29 bits per heavy atom. The van der Waals surface area contributed by atoms with Crippen LogP contribution in [0, 0.1) is 0 Å². The highest BCUT2D eigenvalue weighted by Crippen LogP contribution is 2.21. The van der Waals surface area contributed by atoms with E-state index in [0.717, 1.165) is 42.3 Å². The molecule has 21 heavy (non-hydrogen) atoms. The van der Waals surface area contributed by atoms with Crippen molar-refractivity contribution in [2.75, 3.05) is 18.8 Å². The lowest BCUT2D eigenvalue weighted by Crippen LogP contribution is -2.36. The maximum atomic E-state index is 12.1. The molecule has 3 heterocycles. The van der Waals surface area contributed by atoms with Crippen LogP contribution in [0.1, 0.15) is 19.3 Å². The Kier molecular flexibility index (Phi) is 4.55. The number of H-pyrrole nitrogens is 1. The highest BCUT2D eigenvalue weighted by atomic mass is 32.2. The quantitative estimate of drug-likeness (QED) is 0.882. The standard InChI is InChI=1S/C15H18N4OS/c20-14(19-7-2-1-3-8-19)11-21-15-17-10-13(18-15)12-5-4-6-16-9-12/h4-6,9-10H,1-3,7-8,11H2,(H,17,18). The summed E-state index contributed by atoms with van der Waals surface area (Å²) in [6.45, 7) is 1.80. The lowest BCUT2D eigenvalue weighted by molar-refractivity contribution is -0.129. The van der Waals surface area contributed by atoms with E-state index in [0.29, 0.717) is 5.75 Å². The summed E-state index contributed by atoms with van der Waals surface area (Å²) in [6.07, 6.45) is 8.81. The first kappa shape index (κ1) is 14.1. The van der Waals surface area contributed by atoms with Crippen LogP contribution in [0.3, 0.4) is 0 Å². The first-order valence-corrected chi connectivity index (χ1v) is 8.17. The summed E-state index contributed by atoms with van der Waals surface area (Å²) in [6, 6.07) is 3.87. The van der Waals surface area contributed by atoms with Crippen LogP contribution in [-0.4, -0.2) is 44.6 Å². The van der Waals surface area contributed by atoms with Crippen LogP contribution in [0.4, 0.5) is 0 Å². The molecule has 0 spiro atoms. The maximum absolute atomic E-state index is 12.1. The van der Waals surface area contributed by atoms with Gasteiger partial charge in [0.05, 0.1) is 17.6 Å². The molecule has 1 aliphatic rings. The monoisotopic (exact) mass is 302 g/mol. The number of thioether (sulfide) groups is 1. The van der Waals surface area contributed by atoms with E-state index in [1.165, 1.54) is 18.2 Å². The highest BCUT2D eigenvalue weighted by Gasteiger charge is 2.17. The van der Waals surface area contributed by atoms with Crippen LogP contribution in [-0.2, 0) is 4.79 Å². The second-order valence-corrected chi connectivity index (χ2v) is 6.04. The number of amides is 1. The molecule has 1 saturated heterocycles. The van der Waals surface area contributed by atoms with Crippen LogP contribution < -0.4 is 0 Å². The molecule has 110 valence electrons. The molecule has 0 unspecified atom stereocenters. The fourth-order valence-corrected chi connectivity index (χ4v) is 3.16. The van der Waals surface area contributed by atoms with Gasteiger partial charge in [-0.3, -0.25) is 9.78 Å². The van der Waals surface area contributed by atoms with Gasteiger partial charge in [0.2, 0.25) is 5.91 Å². The number of aromatic amines is 1. The lowest BCUT2D eigenvalue weighted by Gasteiger charge is -2.26. The zero-order valence-corrected chi connectivity index (χ0v) is 12.6. The number of carbonyl (C=O) groups is 1. The van der Waals surface area contributed by atoms with Gasteiger partial charge in [0, 0.05) is 31.0 Å². The molecule has 1 N–H and O–H groups in total. The Hall–Kier alpha value is -1.82. The molecule has 1 amide bonds. The molecule has 2 aromatic heterocycles. The fourth-order valence-electron chi connectivity index (χ4n) is 2.41. The Bertz CT molecular complexity index is 593. The third-order valence-corrected chi connectivity index (χ3v) is 4.44. The lowest BCUT2D eigenvalue weighted by atomic mass is 10.1. The van der Waals surface area contributed by atoms with Gasteiger partial charge in [-0.2, -0.15) is 0 Å². The van der Waals surface area contributed by atoms with E-state index in [1.807, 2.05) is 17.0 Å². The second kappa shape index (κ2) is 6.76. The molecule has 0 atom stereocenters. The Morgan fingerprint density at radius 2 is 2.14 bits per heavy atom. The number of hydrogen-bond acceptors (Lipinski definition) is 4. The minimum Gasteiger partial charge on any atom is -0.342 e. The highest BCUT2D eigenvalue weighted by molar-refractivity contribution is 7.99. The summed E-state index contributed by atoms with van der Waals surface area (Å²) in [5.41, 5.74) is 1.93. The molecular weight excluding hydrogens is 284 g/mol. The van der Waals surface area contributed by atoms with Crippen LogP contribution in [0.25, 0.3) is 11.3 Å². The summed E-state index contributed by atoms with van der Waals surface area (Å²) in [5, 5.41) is 0.777. The van der Waals surface area contributed by atoms with Gasteiger partial charge in [-0.1, -0.05) is 11.8 Å². The van der Waals surface area contributed by atoms with E-state index in [2.05, 4.69) is 15.0 Å². The van der Waals surface area contributed by atoms with E-state index in [-0.39, 0.29) is 5.91 Å². The van der Waals surface area contributed by atoms with Crippen molar-refractivity contribution in [3.05, 3.63) is 30.7 Å². The zero-order valence-electron chi connectivity index (χ0n) is 11.8. The largest absolute Gasteiger partial charge is 0.342 e. The SMILES string of the molecule is O=C(CSc1ncc(-c2cccnc2)[nH]1)N1CCCCC1. The van der Waals surface area contributed by atoms with E-state index >= 15 is 0 Å². The number of nitrogens with one attached hydrogen (secondary N) is 1. The smallest absolute Gasteiger partial charge is 0.233 e. The second-order valence-electron chi connectivity index (χ2n) is 5.07. The maximum Gasteiger partial charge on any atom is 0.233 e. The Labute approximate surface area is 128 Å². The molecule has 5 nitrogen and oxygen atoms in total. The van der Waals surface area contributed by atoms with Gasteiger partial charge in [0.15, 0.2) is 5.16 Å². The van der Waals surface area contributed by atoms with Gasteiger partial charge in [-0.15, -0.1) is 0 Å². The molecule has 0 aliphatic carbocycles. The average Bonchev–Trinajstić information content (AvgIpc) is 3.03. The predicted octanol–water partition coefficient (Wildman–Crippen LogP) is 2.58. The minimum atomic E-state index is 0.207. The molecule has 1 fully saturated rings. The van der Waals surface area contributed by atoms with Crippen molar-refractivity contribution in [2.24, 2.45) is 0 Å². The van der Waals surface area contributed by atoms with Crippen LogP contribution >= 0.6 is 11.8 Å². The van der Waals surface area contributed by atoms with Gasteiger partial charge in [0.1, 0.15) is 0 Å². The van der Waals surface area contributed by atoms with Crippen molar-refractivity contribution in [2.45, 2.75) is 24.4 Å². The van der Waals surface area contributed by atoms with E-state index in [1.54, 1.807) is 18.6 Å². The third kappa shape index (κ3) is 3.64. The summed E-state index contributed by atoms with van der Waals surface area (Å²) >= 11 is 1.46. The number of pyridine rings is 1. The number of aromatic nitrogens is 3. The number of likely N-dealkylation sites (tertiary alicyclic amines) is 1. The predicted molar refractivity (Wildman–Crippen MR) is 83.0 cm³/mol. The van der Waals surface area contributed by atoms with Crippen LogP contribution in [0.2, 0.25) is 0 Å². The van der Waals surface area contributed by atoms with E-state index in [9.17, 15) is 4.79 Å². The number of nitrogens with zero attached hydrogens (tertiary/aromatic N) is 3. The van der Waals surface area contributed by atoms with Crippen molar-refractivity contribution in [1.29, 1.82) is 0 Å². The van der Waals surface area contributed by atoms with Crippen molar-refractivity contribution in [3.8, 4) is 11.3 Å². The number of hydrogen-bond donors (Lipinski definition) is 1. The molecule has 2 aromatic rings. The molecule has 1 aliphatic heterocycles. The summed E-state index contributed by atoms with van der Waals surface area (Å²) in [7, 11) is 0. The molecule has 3 rings (SSSR count). The van der Waals surface area contributed by atoms with Crippen LogP contribution in [0.15, 0.2) is 35.9 Å². The minimum absolute atomic E-state index is 0.207. The van der Waals surface area contributed by atoms with Gasteiger partial charge in [-0.25, -0.2) is 4.98 Å². The topological polar surface area (TPSA) is 61.9 Å². The number of carbonyl (C=O) groups excluding carboxylic acids is 1. The van der Waals surface area contributed by atoms with Gasteiger partial charge < -0.3 is 9.88 Å². The van der Waals surface area contributed by atoms with E-state index < -0.39 is 0 Å². The summed E-state index contributed by atoms with van der Waals surface area (Å²) in [4.78, 5) is 25.7. The van der Waals surface area contributed by atoms with E-state index in [4.69, 9.17) is 0 Å². The molecule has 0 saturated carbocycles. The summed E-state index contributed by atoms with van der Waals surface area (Å²) in [5.74, 6) is 0.652. The van der Waals surface area contributed by atoms with Gasteiger partial charge in [0.25, 0.3) is 0 Å². The molecule has 0 radical (unpaired) electrons. The van der Waals surface area contributed by atoms with Crippen molar-refractivity contribution >= 4 is 17.7 Å². The molecular formula is C15H18N4OS. The molecule has 0 aromatic carbocycles. The van der Waals surface area contributed by atoms with Gasteiger partial charge in [-0.05, 0) is 31.4 Å².